The van der Waals surface area contributed by atoms with Crippen LogP contribution in [0.3, 0.4) is 0 Å². The summed E-state index contributed by atoms with van der Waals surface area (Å²) in [6, 6.07) is 8.00. The number of hydrogen-bond acceptors (Lipinski definition) is 4. The molecule has 1 aromatic carbocycles. The molecule has 3 rings (SSSR count). The number of ether oxygens (including phenoxy) is 1. The third kappa shape index (κ3) is 7.07. The molecule has 0 spiro atoms. The molecule has 2 heterocycles. The second-order valence-corrected chi connectivity index (χ2v) is 7.71. The zero-order valence-corrected chi connectivity index (χ0v) is 19.7. The van der Waals surface area contributed by atoms with Crippen LogP contribution in [-0.2, 0) is 0 Å². The standard InChI is InChI=1S/C20H30F3N5O.HI/c1-24-19(26-16-8-9-27(13-16)14-20(21,22)23)25-11-15-7-10-28(12-15)17-5-3-4-6-18(17)29-2;/h3-6,15-16H,7-14H2,1-2H3,(H2,24,25,26);1H. The molecule has 2 saturated heterocycles. The Kier molecular flexibility index (Phi) is 9.32. The molecule has 1 aromatic rings. The first kappa shape index (κ1) is 24.8. The average molecular weight is 541 g/mol. The molecule has 2 aliphatic heterocycles. The first-order valence-electron chi connectivity index (χ1n) is 10.0. The molecule has 30 heavy (non-hydrogen) atoms. The zero-order chi connectivity index (χ0) is 20.9. The van der Waals surface area contributed by atoms with Crippen molar-refractivity contribution in [3.05, 3.63) is 24.3 Å². The van der Waals surface area contributed by atoms with Crippen LogP contribution in [0.2, 0.25) is 0 Å². The van der Waals surface area contributed by atoms with Crippen LogP contribution in [0.4, 0.5) is 18.9 Å². The summed E-state index contributed by atoms with van der Waals surface area (Å²) in [6.07, 6.45) is -2.41. The number of hydrogen-bond donors (Lipinski definition) is 2. The van der Waals surface area contributed by atoms with E-state index in [1.54, 1.807) is 14.2 Å². The molecule has 0 bridgehead atoms. The second kappa shape index (κ2) is 11.3. The lowest BCUT2D eigenvalue weighted by atomic mass is 10.1. The van der Waals surface area contributed by atoms with Gasteiger partial charge in [-0.05, 0) is 30.9 Å². The lowest BCUT2D eigenvalue weighted by Gasteiger charge is -2.22. The summed E-state index contributed by atoms with van der Waals surface area (Å²) in [7, 11) is 3.37. The number of para-hydroxylation sites is 2. The number of halogens is 4. The van der Waals surface area contributed by atoms with Crippen LogP contribution < -0.4 is 20.3 Å². The van der Waals surface area contributed by atoms with Crippen LogP contribution in [0.15, 0.2) is 29.3 Å². The van der Waals surface area contributed by atoms with E-state index in [1.807, 2.05) is 18.2 Å². The molecule has 0 aliphatic carbocycles. The van der Waals surface area contributed by atoms with Crippen molar-refractivity contribution in [1.29, 1.82) is 0 Å². The van der Waals surface area contributed by atoms with Crippen LogP contribution in [0, 0.1) is 5.92 Å². The van der Waals surface area contributed by atoms with Crippen molar-refractivity contribution < 1.29 is 17.9 Å². The van der Waals surface area contributed by atoms with Gasteiger partial charge in [0.25, 0.3) is 0 Å². The van der Waals surface area contributed by atoms with Crippen molar-refractivity contribution >= 4 is 35.6 Å². The number of rotatable bonds is 6. The fraction of sp³-hybridized carbons (Fsp3) is 0.650. The monoisotopic (exact) mass is 541 g/mol. The second-order valence-electron chi connectivity index (χ2n) is 7.71. The maximum absolute atomic E-state index is 12.5. The Morgan fingerprint density at radius 1 is 1.20 bits per heavy atom. The molecule has 2 atom stereocenters. The average Bonchev–Trinajstić information content (AvgIpc) is 3.33. The Bertz CT molecular complexity index is 703. The van der Waals surface area contributed by atoms with Crippen molar-refractivity contribution in [2.45, 2.75) is 25.1 Å². The summed E-state index contributed by atoms with van der Waals surface area (Å²) in [4.78, 5) is 8.00. The van der Waals surface area contributed by atoms with Crippen LogP contribution in [-0.4, -0.2) is 76.5 Å². The minimum absolute atomic E-state index is 0. The summed E-state index contributed by atoms with van der Waals surface area (Å²) in [5.41, 5.74) is 1.11. The number of alkyl halides is 3. The predicted octanol–water partition coefficient (Wildman–Crippen LogP) is 2.94. The largest absolute Gasteiger partial charge is 0.495 e. The summed E-state index contributed by atoms with van der Waals surface area (Å²) in [5, 5.41) is 6.60. The van der Waals surface area contributed by atoms with E-state index in [0.717, 1.165) is 37.5 Å². The highest BCUT2D eigenvalue weighted by atomic mass is 127. The molecule has 0 aromatic heterocycles. The van der Waals surface area contributed by atoms with E-state index in [-0.39, 0.29) is 30.0 Å². The molecule has 0 saturated carbocycles. The Labute approximate surface area is 193 Å². The van der Waals surface area contributed by atoms with Crippen molar-refractivity contribution in [3.8, 4) is 5.75 Å². The Hall–Kier alpha value is -1.43. The molecule has 2 aliphatic rings. The molecule has 10 heteroatoms. The minimum Gasteiger partial charge on any atom is -0.495 e. The molecule has 170 valence electrons. The molecular weight excluding hydrogens is 510 g/mol. The summed E-state index contributed by atoms with van der Waals surface area (Å²) >= 11 is 0. The fourth-order valence-electron chi connectivity index (χ4n) is 4.09. The van der Waals surface area contributed by atoms with Crippen molar-refractivity contribution in [1.82, 2.24) is 15.5 Å². The van der Waals surface area contributed by atoms with Gasteiger partial charge in [0.05, 0.1) is 19.3 Å². The number of likely N-dealkylation sites (tertiary alicyclic amines) is 1. The van der Waals surface area contributed by atoms with Gasteiger partial charge in [-0.15, -0.1) is 24.0 Å². The Morgan fingerprint density at radius 2 is 1.97 bits per heavy atom. The topological polar surface area (TPSA) is 52.1 Å². The molecule has 0 radical (unpaired) electrons. The highest BCUT2D eigenvalue weighted by molar-refractivity contribution is 14.0. The maximum atomic E-state index is 12.5. The molecule has 2 unspecified atom stereocenters. The van der Waals surface area contributed by atoms with Gasteiger partial charge in [0, 0.05) is 45.8 Å². The SMILES string of the molecule is CN=C(NCC1CCN(c2ccccc2OC)C1)NC1CCN(CC(F)(F)F)C1.I. The number of nitrogens with one attached hydrogen (secondary N) is 2. The van der Waals surface area contributed by atoms with Gasteiger partial charge in [0.2, 0.25) is 0 Å². The third-order valence-electron chi connectivity index (χ3n) is 5.51. The number of guanidine groups is 1. The van der Waals surface area contributed by atoms with Gasteiger partial charge < -0.3 is 20.3 Å². The van der Waals surface area contributed by atoms with Gasteiger partial charge in [-0.25, -0.2) is 0 Å². The van der Waals surface area contributed by atoms with Gasteiger partial charge in [0.1, 0.15) is 5.75 Å². The summed E-state index contributed by atoms with van der Waals surface area (Å²) in [6.45, 7) is 2.64. The lowest BCUT2D eigenvalue weighted by Crippen LogP contribution is -2.46. The van der Waals surface area contributed by atoms with Crippen LogP contribution in [0.5, 0.6) is 5.75 Å². The normalized spacial score (nSPS) is 22.7. The lowest BCUT2D eigenvalue weighted by molar-refractivity contribution is -0.143. The smallest absolute Gasteiger partial charge is 0.401 e. The highest BCUT2D eigenvalue weighted by Gasteiger charge is 2.34. The number of anilines is 1. The van der Waals surface area contributed by atoms with E-state index >= 15 is 0 Å². The molecular formula is C20H31F3IN5O. The number of aliphatic imine (C=N–C) groups is 1. The maximum Gasteiger partial charge on any atom is 0.401 e. The van der Waals surface area contributed by atoms with E-state index in [2.05, 4.69) is 26.6 Å². The molecule has 0 amide bonds. The zero-order valence-electron chi connectivity index (χ0n) is 17.4. The van der Waals surface area contributed by atoms with Gasteiger partial charge >= 0.3 is 6.18 Å². The van der Waals surface area contributed by atoms with Crippen molar-refractivity contribution in [2.24, 2.45) is 10.9 Å². The van der Waals surface area contributed by atoms with E-state index in [4.69, 9.17) is 4.74 Å². The summed E-state index contributed by atoms with van der Waals surface area (Å²) < 4.78 is 43.1. The van der Waals surface area contributed by atoms with Crippen molar-refractivity contribution in [3.63, 3.8) is 0 Å². The number of benzene rings is 1. The molecule has 2 fully saturated rings. The fourth-order valence-corrected chi connectivity index (χ4v) is 4.09. The first-order valence-corrected chi connectivity index (χ1v) is 10.0. The van der Waals surface area contributed by atoms with Gasteiger partial charge in [-0.1, -0.05) is 12.1 Å². The third-order valence-corrected chi connectivity index (χ3v) is 5.51. The predicted molar refractivity (Wildman–Crippen MR) is 124 cm³/mol. The van der Waals surface area contributed by atoms with Gasteiger partial charge in [-0.2, -0.15) is 13.2 Å². The molecule has 2 N–H and O–H groups in total. The van der Waals surface area contributed by atoms with Crippen LogP contribution >= 0.6 is 24.0 Å². The van der Waals surface area contributed by atoms with E-state index in [0.29, 0.717) is 31.4 Å². The van der Waals surface area contributed by atoms with Gasteiger partial charge in [0.15, 0.2) is 5.96 Å². The Balaban J connectivity index is 0.00000320. The van der Waals surface area contributed by atoms with Crippen molar-refractivity contribution in [2.75, 3.05) is 58.3 Å². The highest BCUT2D eigenvalue weighted by Crippen LogP contribution is 2.31. The van der Waals surface area contributed by atoms with E-state index in [1.165, 1.54) is 4.90 Å². The van der Waals surface area contributed by atoms with E-state index in [9.17, 15) is 13.2 Å². The van der Waals surface area contributed by atoms with Gasteiger partial charge in [-0.3, -0.25) is 9.89 Å². The minimum atomic E-state index is -4.15. The number of nitrogens with zero attached hydrogens (tertiary/aromatic N) is 3. The molecule has 6 nitrogen and oxygen atoms in total. The van der Waals surface area contributed by atoms with E-state index < -0.39 is 12.7 Å². The Morgan fingerprint density at radius 3 is 2.67 bits per heavy atom. The first-order chi connectivity index (χ1) is 13.9. The quantitative estimate of drug-likeness (QED) is 0.330. The number of methoxy groups -OCH3 is 1. The summed E-state index contributed by atoms with van der Waals surface area (Å²) in [5.74, 6) is 1.99. The van der Waals surface area contributed by atoms with Crippen LogP contribution in [0.25, 0.3) is 0 Å². The van der Waals surface area contributed by atoms with Crippen LogP contribution in [0.1, 0.15) is 12.8 Å².